The van der Waals surface area contributed by atoms with E-state index in [0.29, 0.717) is 5.56 Å². The molecule has 149 heavy (non-hydrogen) atoms. The number of hydrogen-bond donors (Lipinski definition) is 0. The Morgan fingerprint density at radius 2 is 0.477 bits per heavy atom. The fourth-order valence-corrected chi connectivity index (χ4v) is 18.6. The molecule has 0 N–H and O–H groups in total. The summed E-state index contributed by atoms with van der Waals surface area (Å²) in [6.45, 7) is 34.5. The van der Waals surface area contributed by atoms with E-state index in [0.717, 1.165) is 62.5 Å². The predicted molar refractivity (Wildman–Crippen MR) is 649 cm³/mol. The minimum absolute atomic E-state index is 0. The molecule has 8 aromatic heterocycles. The first-order chi connectivity index (χ1) is 71.0. The Hall–Kier alpha value is -15.8. The van der Waals surface area contributed by atoms with Gasteiger partial charge in [-0.05, 0) is 170 Å². The Kier molecular flexibility index (Phi) is 33.8. The summed E-state index contributed by atoms with van der Waals surface area (Å²) in [5.74, 6) is 2.75. The van der Waals surface area contributed by atoms with E-state index >= 15 is 0 Å². The number of benzene rings is 14. The number of nitrogens with zero attached hydrogens (tertiary/aromatic N) is 9. The van der Waals surface area contributed by atoms with Gasteiger partial charge >= 0.3 is 0 Å². The van der Waals surface area contributed by atoms with Gasteiger partial charge in [-0.1, -0.05) is 503 Å². The van der Waals surface area contributed by atoms with E-state index in [-0.39, 0.29) is 88.4 Å². The monoisotopic (exact) mass is 1970 g/mol. The van der Waals surface area contributed by atoms with Crippen molar-refractivity contribution in [3.63, 3.8) is 0 Å². The van der Waals surface area contributed by atoms with E-state index in [1.165, 1.54) is 139 Å². The molecule has 0 radical (unpaired) electrons. The Bertz CT molecular complexity index is 7760. The molecule has 0 saturated heterocycles. The molecule has 0 bridgehead atoms. The van der Waals surface area contributed by atoms with Crippen LogP contribution in [0.2, 0.25) is 0 Å². The zero-order valence-electron chi connectivity index (χ0n) is 91.5. The van der Waals surface area contributed by atoms with Gasteiger partial charge in [0.05, 0.1) is 61.6 Å². The molecule has 9 nitrogen and oxygen atoms in total. The van der Waals surface area contributed by atoms with E-state index < -0.39 is 13.7 Å². The Balaban J connectivity index is 0.000000177. The average Bonchev–Trinajstić information content (AvgIpc) is 1.58. The van der Waals surface area contributed by atoms with Crippen molar-refractivity contribution in [2.45, 2.75) is 215 Å². The van der Waals surface area contributed by atoms with Crippen LogP contribution in [-0.2, 0) is 32.5 Å². The fraction of sp³-hybridized carbons (Fsp3) is 0.229. The molecule has 0 amide bonds. The molecule has 0 aliphatic rings. The average molecular weight is 1970 g/mol. The van der Waals surface area contributed by atoms with Crippen LogP contribution in [0.25, 0.3) is 161 Å². The first-order valence-electron chi connectivity index (χ1n) is 52.5. The smallest absolute Gasteiger partial charge is 0.140 e. The van der Waals surface area contributed by atoms with Crippen molar-refractivity contribution in [2.75, 3.05) is 0 Å². The number of fused-ring (bicyclic) bond motifs is 9. The second-order valence-corrected chi connectivity index (χ2v) is 42.8. The van der Waals surface area contributed by atoms with Crippen molar-refractivity contribution in [3.05, 3.63) is 476 Å². The summed E-state index contributed by atoms with van der Waals surface area (Å²) in [4.78, 5) is 28.1. The van der Waals surface area contributed by atoms with Crippen LogP contribution >= 0.6 is 0 Å². The molecule has 0 aliphatic carbocycles. The molecule has 9 heteroatoms. The maximum absolute atomic E-state index is 7.36. The lowest BCUT2D eigenvalue weighted by atomic mass is 9.78. The number of aryl methyl sites for hydroxylation is 2. The summed E-state index contributed by atoms with van der Waals surface area (Å²) in [7, 11) is 0. The number of aromatic nitrogens is 9. The molecule has 22 aromatic rings. The van der Waals surface area contributed by atoms with Gasteiger partial charge in [-0.15, -0.1) is 0 Å². The normalized spacial score (nSPS) is 12.1. The van der Waals surface area contributed by atoms with Gasteiger partial charge in [-0.25, -0.2) is 19.9 Å². The number of rotatable bonds is 10. The highest BCUT2D eigenvalue weighted by atomic mass is 15.1. The van der Waals surface area contributed by atoms with E-state index in [2.05, 4.69) is 485 Å². The van der Waals surface area contributed by atoms with Crippen molar-refractivity contribution >= 4 is 65.4 Å². The summed E-state index contributed by atoms with van der Waals surface area (Å²) in [6, 6.07) is 146. The van der Waals surface area contributed by atoms with E-state index in [1.54, 1.807) is 0 Å². The molecule has 22 rings (SSSR count). The van der Waals surface area contributed by atoms with Crippen LogP contribution in [0.5, 0.6) is 0 Å². The number of para-hydroxylation sites is 7. The standard InChI is InChI=1S/C33H27N3.C28H25N.2C21H21N.C20H20N2.C11H17N.6CH4/c1-33(2,3)22-20-31(35-27-16-8-4-12-23(27)24-13-5-9-17-28(24)35)34-32(21-22)36-29-18-10-6-14-25(29)26-15-7-11-19-30(26)36;1-28(2,3)24-16-8-4-12-20(24)21-13-5-9-17-25(21)29-26-18-10-6-14-22(26)23-15-7-11-19-27(23)29;1-21(2,3)20-18(16-10-6-4-7-11-16)14-22-15-19(20)17-12-8-5-9-13-17;1-21(2,3)18-14-19(16-10-6-4-7-11-16)22-20(15-18)17-12-8-5-9-13-17;1-20(2,3)19-21-17(15-10-6-4-7-11-15)14-18(22-19)16-12-8-5-9-13-16;1-8-6-10(11(3,4)5)7-9(2)12-8;;;;;;/h4-21H,1-3H3;4-19H,1-3H3;2*4-15H,1-3H3;4-14H,1-3H3;6-7H,1-5H3;6*1H4/i;;;;;1D3,2D3;;;;;;. The Morgan fingerprint density at radius 3 is 0.785 bits per heavy atom. The maximum atomic E-state index is 7.36. The van der Waals surface area contributed by atoms with Crippen molar-refractivity contribution in [3.8, 4) is 95.7 Å². The van der Waals surface area contributed by atoms with E-state index in [4.69, 9.17) is 28.2 Å². The quantitative estimate of drug-likeness (QED) is 0.135. The largest absolute Gasteiger partial charge is 0.309 e. The third-order valence-electron chi connectivity index (χ3n) is 26.0. The first-order valence-corrected chi connectivity index (χ1v) is 49.5. The highest BCUT2D eigenvalue weighted by Crippen LogP contribution is 2.45. The van der Waals surface area contributed by atoms with Gasteiger partial charge < -0.3 is 4.57 Å². The van der Waals surface area contributed by atoms with Crippen LogP contribution in [0.1, 0.15) is 222 Å². The van der Waals surface area contributed by atoms with Gasteiger partial charge in [0.25, 0.3) is 0 Å². The van der Waals surface area contributed by atoms with Gasteiger partial charge in [0, 0.05) is 109 Å². The third-order valence-corrected chi connectivity index (χ3v) is 26.0. The lowest BCUT2D eigenvalue weighted by molar-refractivity contribution is 0.547. The highest BCUT2D eigenvalue weighted by molar-refractivity contribution is 6.12. The molecule has 8 heterocycles. The van der Waals surface area contributed by atoms with E-state index in [1.807, 2.05) is 81.7 Å². The molecule has 760 valence electrons. The lowest BCUT2D eigenvalue weighted by Crippen LogP contribution is -2.16. The number of pyridine rings is 4. The Morgan fingerprint density at radius 1 is 0.208 bits per heavy atom. The van der Waals surface area contributed by atoms with Crippen LogP contribution < -0.4 is 0 Å². The predicted octanol–water partition coefficient (Wildman–Crippen LogP) is 39.7. The minimum Gasteiger partial charge on any atom is -0.309 e. The molecule has 0 unspecified atom stereocenters. The number of hydrogen-bond acceptors (Lipinski definition) is 6. The van der Waals surface area contributed by atoms with Crippen LogP contribution in [0.15, 0.2) is 431 Å². The lowest BCUT2D eigenvalue weighted by Gasteiger charge is -2.26. The van der Waals surface area contributed by atoms with Crippen molar-refractivity contribution < 1.29 is 8.22 Å². The summed E-state index contributed by atoms with van der Waals surface area (Å²) in [5, 5.41) is 7.57. The zero-order valence-corrected chi connectivity index (χ0v) is 85.5. The molecule has 0 fully saturated rings. The van der Waals surface area contributed by atoms with Crippen LogP contribution in [0, 0.1) is 13.7 Å². The van der Waals surface area contributed by atoms with Crippen molar-refractivity contribution in [1.29, 1.82) is 0 Å². The highest BCUT2D eigenvalue weighted by Gasteiger charge is 2.29. The molecule has 0 aliphatic heterocycles. The Labute approximate surface area is 898 Å². The molecule has 14 aromatic carbocycles. The topological polar surface area (TPSA) is 92.1 Å². The maximum Gasteiger partial charge on any atom is 0.140 e. The molecule has 0 atom stereocenters. The summed E-state index contributed by atoms with van der Waals surface area (Å²) in [6.07, 6.45) is 3.98. The first kappa shape index (κ1) is 105. The van der Waals surface area contributed by atoms with Crippen LogP contribution in [-0.4, -0.2) is 43.6 Å². The molecular formula is C140H155N9. The summed E-state index contributed by atoms with van der Waals surface area (Å²) >= 11 is 0. The van der Waals surface area contributed by atoms with Crippen molar-refractivity contribution in [1.82, 2.24) is 43.6 Å². The van der Waals surface area contributed by atoms with Gasteiger partial charge in [-0.2, -0.15) is 0 Å². The van der Waals surface area contributed by atoms with Gasteiger partial charge in [-0.3, -0.25) is 19.1 Å². The van der Waals surface area contributed by atoms with Gasteiger partial charge in [0.15, 0.2) is 0 Å². The molecular weight excluding hydrogens is 1810 g/mol. The van der Waals surface area contributed by atoms with Gasteiger partial charge in [0.2, 0.25) is 0 Å². The SMILES string of the molecule is C.C.C.C.C.C.CC(C)(C)c1c(-c2ccccc2)cncc1-c1ccccc1.CC(C)(C)c1cc(-c2ccccc2)nc(-c2ccccc2)c1.CC(C)(C)c1cc(-n2c3ccccc3c3ccccc32)nc(-n2c3ccccc3c3ccccc32)c1.CC(C)(C)c1ccccc1-c1ccccc1-n1c2ccccc2c2ccccc21.CC(C)(C)c1nc(-c2ccccc2)cc(-c2ccccc2)n1.[2H]C([2H])([2H])c1cc(C(C)(C)C)cc(C([2H])([2H])[2H])n1. The van der Waals surface area contributed by atoms with Crippen LogP contribution in [0.3, 0.4) is 0 Å². The fourth-order valence-electron chi connectivity index (χ4n) is 18.6. The van der Waals surface area contributed by atoms with Crippen LogP contribution in [0.4, 0.5) is 0 Å². The van der Waals surface area contributed by atoms with Crippen molar-refractivity contribution in [2.24, 2.45) is 0 Å². The molecule has 0 spiro atoms. The minimum atomic E-state index is -2.40. The second kappa shape index (κ2) is 48.2. The third kappa shape index (κ3) is 25.9. The summed E-state index contributed by atoms with van der Waals surface area (Å²) in [5.41, 5.74) is 29.8. The molecule has 0 saturated carbocycles. The zero-order chi connectivity index (χ0) is 106. The second-order valence-electron chi connectivity index (χ2n) is 42.8. The summed E-state index contributed by atoms with van der Waals surface area (Å²) < 4.78 is 51.2. The van der Waals surface area contributed by atoms with E-state index in [9.17, 15) is 0 Å². The van der Waals surface area contributed by atoms with Gasteiger partial charge in [0.1, 0.15) is 17.5 Å².